The van der Waals surface area contributed by atoms with E-state index >= 15 is 0 Å². The number of benzene rings is 4. The summed E-state index contributed by atoms with van der Waals surface area (Å²) < 4.78 is 2.33. The summed E-state index contributed by atoms with van der Waals surface area (Å²) in [6.07, 6.45) is 6.56. The summed E-state index contributed by atoms with van der Waals surface area (Å²) in [6, 6.07) is 31.1. The molecule has 2 heterocycles. The average Bonchev–Trinajstić information content (AvgIpc) is 3.37. The molecule has 226 valence electrons. The minimum atomic E-state index is -0.930. The van der Waals surface area contributed by atoms with E-state index in [0.717, 1.165) is 33.9 Å². The summed E-state index contributed by atoms with van der Waals surface area (Å²) in [4.78, 5) is 25.2. The lowest BCUT2D eigenvalue weighted by Crippen LogP contribution is -2.28. The highest BCUT2D eigenvalue weighted by Crippen LogP contribution is 2.48. The van der Waals surface area contributed by atoms with Gasteiger partial charge in [-0.1, -0.05) is 80.6 Å². The summed E-state index contributed by atoms with van der Waals surface area (Å²) in [5.74, 6) is -1.86. The second kappa shape index (κ2) is 11.4. The molecule has 0 saturated heterocycles. The molecule has 0 fully saturated rings. The Kier molecular flexibility index (Phi) is 7.53. The SMILES string of the molecule is CC1(C)C(=CC=CC2=[N+](Cc3ccc(C(=O)O)cc3)c3ccccc3C2(C)C)N(Cc2ccc(C(=O)O)cc2)c2ccccc21. The van der Waals surface area contributed by atoms with Crippen LogP contribution < -0.4 is 4.90 Å². The number of anilines is 1. The molecule has 45 heavy (non-hydrogen) atoms. The molecule has 0 amide bonds. The number of allylic oxidation sites excluding steroid dienone is 4. The van der Waals surface area contributed by atoms with Gasteiger partial charge < -0.3 is 15.1 Å². The summed E-state index contributed by atoms with van der Waals surface area (Å²) in [5, 5.41) is 18.7. The Labute approximate surface area is 263 Å². The van der Waals surface area contributed by atoms with E-state index in [1.807, 2.05) is 24.3 Å². The van der Waals surface area contributed by atoms with E-state index in [9.17, 15) is 19.8 Å². The van der Waals surface area contributed by atoms with Gasteiger partial charge in [-0.25, -0.2) is 9.59 Å². The molecular formula is C39H37N2O4+. The van der Waals surface area contributed by atoms with Gasteiger partial charge in [-0.3, -0.25) is 0 Å². The van der Waals surface area contributed by atoms with Crippen molar-refractivity contribution in [3.8, 4) is 0 Å². The molecule has 0 saturated carbocycles. The van der Waals surface area contributed by atoms with E-state index in [-0.39, 0.29) is 22.0 Å². The molecule has 0 bridgehead atoms. The maximum atomic E-state index is 11.4. The lowest BCUT2D eigenvalue weighted by Gasteiger charge is -2.27. The second-order valence-corrected chi connectivity index (χ2v) is 12.8. The number of carbonyl (C=O) groups is 2. The van der Waals surface area contributed by atoms with Crippen molar-refractivity contribution in [2.45, 2.75) is 51.6 Å². The van der Waals surface area contributed by atoms with Crippen molar-refractivity contribution in [3.05, 3.63) is 154 Å². The number of rotatable bonds is 8. The van der Waals surface area contributed by atoms with Crippen molar-refractivity contribution < 1.29 is 24.4 Å². The van der Waals surface area contributed by atoms with E-state index in [1.165, 1.54) is 11.1 Å². The molecular weight excluding hydrogens is 560 g/mol. The topological polar surface area (TPSA) is 80.9 Å². The quantitative estimate of drug-likeness (QED) is 0.201. The molecule has 6 heteroatoms. The first-order valence-electron chi connectivity index (χ1n) is 15.1. The highest BCUT2D eigenvalue weighted by Gasteiger charge is 2.44. The van der Waals surface area contributed by atoms with Gasteiger partial charge in [-0.15, -0.1) is 0 Å². The number of nitrogens with zero attached hydrogens (tertiary/aromatic N) is 2. The van der Waals surface area contributed by atoms with Crippen molar-refractivity contribution in [3.63, 3.8) is 0 Å². The van der Waals surface area contributed by atoms with Gasteiger partial charge in [0.1, 0.15) is 0 Å². The molecule has 0 radical (unpaired) electrons. The first-order valence-corrected chi connectivity index (χ1v) is 15.1. The Balaban J connectivity index is 1.39. The molecule has 6 rings (SSSR count). The zero-order chi connectivity index (χ0) is 31.9. The standard InChI is InChI=1S/C39H36N2O4/c1-38(2)30-10-5-7-12-32(30)40(24-26-16-20-28(21-17-26)36(42)43)34(38)14-9-15-35-39(3,4)31-11-6-8-13-33(31)41(35)25-27-18-22-29(23-19-27)37(44)45/h5-23H,24-25H2,1-4H3,(H-,42,43,44,45)/p+1. The lowest BCUT2D eigenvalue weighted by atomic mass is 9.81. The molecule has 2 aliphatic heterocycles. The second-order valence-electron chi connectivity index (χ2n) is 12.8. The third kappa shape index (κ3) is 5.37. The van der Waals surface area contributed by atoms with Crippen LogP contribution in [0.2, 0.25) is 0 Å². The van der Waals surface area contributed by atoms with Crippen LogP contribution in [0.3, 0.4) is 0 Å². The summed E-state index contributed by atoms with van der Waals surface area (Å²) in [5.41, 5.74) is 9.25. The third-order valence-corrected chi connectivity index (χ3v) is 9.19. The van der Waals surface area contributed by atoms with Crippen molar-refractivity contribution in [2.24, 2.45) is 0 Å². The smallest absolute Gasteiger partial charge is 0.335 e. The molecule has 0 aromatic heterocycles. The van der Waals surface area contributed by atoms with Crippen LogP contribution in [0.25, 0.3) is 0 Å². The Morgan fingerprint density at radius 1 is 0.711 bits per heavy atom. The van der Waals surface area contributed by atoms with E-state index in [1.54, 1.807) is 24.3 Å². The van der Waals surface area contributed by atoms with Gasteiger partial charge in [-0.2, -0.15) is 4.58 Å². The van der Waals surface area contributed by atoms with Crippen molar-refractivity contribution in [2.75, 3.05) is 4.90 Å². The van der Waals surface area contributed by atoms with Crippen LogP contribution in [0.4, 0.5) is 11.4 Å². The van der Waals surface area contributed by atoms with Gasteiger partial charge in [0.2, 0.25) is 5.69 Å². The molecule has 2 N–H and O–H groups in total. The zero-order valence-corrected chi connectivity index (χ0v) is 26.0. The van der Waals surface area contributed by atoms with Gasteiger partial charge in [0.25, 0.3) is 0 Å². The van der Waals surface area contributed by atoms with Crippen LogP contribution in [-0.4, -0.2) is 32.4 Å². The minimum absolute atomic E-state index is 0.244. The van der Waals surface area contributed by atoms with E-state index in [0.29, 0.717) is 13.1 Å². The maximum absolute atomic E-state index is 11.4. The number of carboxylic acid groups (broad SMARTS) is 2. The number of fused-ring (bicyclic) bond motifs is 2. The Morgan fingerprint density at radius 3 is 1.89 bits per heavy atom. The highest BCUT2D eigenvalue weighted by molar-refractivity contribution is 6.03. The van der Waals surface area contributed by atoms with Crippen LogP contribution in [-0.2, 0) is 23.9 Å². The molecule has 6 nitrogen and oxygen atoms in total. The molecule has 0 aliphatic carbocycles. The Hall–Kier alpha value is -5.23. The number of para-hydroxylation sites is 2. The molecule has 0 unspecified atom stereocenters. The van der Waals surface area contributed by atoms with Crippen LogP contribution in [0.15, 0.2) is 121 Å². The average molecular weight is 598 g/mol. The fourth-order valence-electron chi connectivity index (χ4n) is 6.72. The lowest BCUT2D eigenvalue weighted by molar-refractivity contribution is -0.455. The summed E-state index contributed by atoms with van der Waals surface area (Å²) >= 11 is 0. The fraction of sp³-hybridized carbons (Fsp3) is 0.205. The molecule has 2 aliphatic rings. The van der Waals surface area contributed by atoms with Crippen molar-refractivity contribution >= 4 is 29.0 Å². The van der Waals surface area contributed by atoms with Gasteiger partial charge in [0.05, 0.1) is 16.5 Å². The van der Waals surface area contributed by atoms with Crippen LogP contribution in [0.5, 0.6) is 0 Å². The number of hydrogen-bond donors (Lipinski definition) is 2. The van der Waals surface area contributed by atoms with Crippen LogP contribution in [0.1, 0.15) is 70.7 Å². The number of hydrogen-bond acceptors (Lipinski definition) is 3. The van der Waals surface area contributed by atoms with E-state index in [2.05, 4.69) is 104 Å². The van der Waals surface area contributed by atoms with E-state index < -0.39 is 11.9 Å². The van der Waals surface area contributed by atoms with E-state index in [4.69, 9.17) is 0 Å². The minimum Gasteiger partial charge on any atom is -0.478 e. The molecule has 4 aromatic rings. The van der Waals surface area contributed by atoms with Crippen molar-refractivity contribution in [1.29, 1.82) is 0 Å². The normalized spacial score (nSPS) is 17.2. The fourth-order valence-corrected chi connectivity index (χ4v) is 6.72. The van der Waals surface area contributed by atoms with Gasteiger partial charge in [0, 0.05) is 46.6 Å². The first kappa shape index (κ1) is 29.8. The Bertz CT molecular complexity index is 1890. The predicted molar refractivity (Wildman–Crippen MR) is 178 cm³/mol. The van der Waals surface area contributed by atoms with Gasteiger partial charge >= 0.3 is 11.9 Å². The van der Waals surface area contributed by atoms with Gasteiger partial charge in [0.15, 0.2) is 12.3 Å². The molecule has 0 spiro atoms. The highest BCUT2D eigenvalue weighted by atomic mass is 16.4. The number of aromatic carboxylic acids is 2. The maximum Gasteiger partial charge on any atom is 0.335 e. The summed E-state index contributed by atoms with van der Waals surface area (Å²) in [7, 11) is 0. The molecule has 4 aromatic carbocycles. The third-order valence-electron chi connectivity index (χ3n) is 9.19. The Morgan fingerprint density at radius 2 is 1.27 bits per heavy atom. The van der Waals surface area contributed by atoms with Crippen molar-refractivity contribution in [1.82, 2.24) is 0 Å². The summed E-state index contributed by atoms with van der Waals surface area (Å²) in [6.45, 7) is 10.2. The number of carboxylic acids is 2. The molecule has 0 atom stereocenters. The van der Waals surface area contributed by atoms with Crippen LogP contribution in [0, 0.1) is 0 Å². The largest absolute Gasteiger partial charge is 0.478 e. The monoisotopic (exact) mass is 597 g/mol. The van der Waals surface area contributed by atoms with Crippen LogP contribution >= 0.6 is 0 Å². The zero-order valence-electron chi connectivity index (χ0n) is 26.0. The predicted octanol–water partition coefficient (Wildman–Crippen LogP) is 8.10. The first-order chi connectivity index (χ1) is 21.5. The van der Waals surface area contributed by atoms with Gasteiger partial charge in [-0.05, 0) is 61.4 Å².